The van der Waals surface area contributed by atoms with E-state index in [1.165, 1.54) is 23.3 Å². The Hall–Kier alpha value is -2.82. The summed E-state index contributed by atoms with van der Waals surface area (Å²) >= 11 is 0. The van der Waals surface area contributed by atoms with Gasteiger partial charge in [-0.1, -0.05) is 39.8 Å². The summed E-state index contributed by atoms with van der Waals surface area (Å²) in [5, 5.41) is 18.8. The third-order valence-corrected chi connectivity index (χ3v) is 5.62. The van der Waals surface area contributed by atoms with Crippen molar-refractivity contribution in [2.45, 2.75) is 51.4 Å². The summed E-state index contributed by atoms with van der Waals surface area (Å²) in [7, 11) is 0. The summed E-state index contributed by atoms with van der Waals surface area (Å²) in [4.78, 5) is 15.4. The number of carboxylic acid groups (broad SMARTS) is 1. The van der Waals surface area contributed by atoms with E-state index in [9.17, 15) is 9.90 Å². The number of hydrogen-bond donors (Lipinski definition) is 3. The first-order valence-electron chi connectivity index (χ1n) is 9.07. The fourth-order valence-corrected chi connectivity index (χ4v) is 3.85. The maximum atomic E-state index is 11.0. The van der Waals surface area contributed by atoms with Gasteiger partial charge in [0.25, 0.3) is 0 Å². The van der Waals surface area contributed by atoms with Gasteiger partial charge in [-0.15, -0.1) is 0 Å². The number of benzene rings is 2. The average Bonchev–Trinajstić information content (AvgIpc) is 2.57. The van der Waals surface area contributed by atoms with E-state index in [1.807, 2.05) is 6.07 Å². The largest absolute Gasteiger partial charge is 0.507 e. The lowest BCUT2D eigenvalue weighted by atomic mass is 9.62. The van der Waals surface area contributed by atoms with Crippen molar-refractivity contribution in [1.82, 2.24) is 0 Å². The van der Waals surface area contributed by atoms with Crippen LogP contribution in [0.1, 0.15) is 67.6 Å². The average molecular weight is 366 g/mol. The molecule has 142 valence electrons. The number of rotatable bonds is 3. The van der Waals surface area contributed by atoms with Crippen molar-refractivity contribution in [3.63, 3.8) is 0 Å². The highest BCUT2D eigenvalue weighted by molar-refractivity contribution is 5.93. The van der Waals surface area contributed by atoms with Gasteiger partial charge >= 0.3 is 5.97 Å². The molecule has 0 heterocycles. The standard InChI is InChI=1S/C22H26N2O3/c1-21(2)9-10-22(3,4)18-16(21)8-5-13(19(18)23)12-24-14-6-7-15(20(26)27)17(25)11-14/h5-8,11-12,25H,9-10,23H2,1-4H3,(H,26,27). The van der Waals surface area contributed by atoms with Crippen LogP contribution >= 0.6 is 0 Å². The van der Waals surface area contributed by atoms with E-state index in [2.05, 4.69) is 38.8 Å². The summed E-state index contributed by atoms with van der Waals surface area (Å²) < 4.78 is 0. The number of carbonyl (C=O) groups is 1. The van der Waals surface area contributed by atoms with Gasteiger partial charge in [0.15, 0.2) is 0 Å². The molecule has 0 saturated carbocycles. The SMILES string of the molecule is CC1(C)CCC(C)(C)c2c1ccc(C=Nc1ccc(C(=O)O)c(O)c1)c2N. The summed E-state index contributed by atoms with van der Waals surface area (Å²) in [5.74, 6) is -1.48. The normalized spacial score (nSPS) is 17.6. The summed E-state index contributed by atoms with van der Waals surface area (Å²) in [5.41, 5.74) is 11.0. The van der Waals surface area contributed by atoms with Crippen molar-refractivity contribution in [3.8, 4) is 5.75 Å². The fraction of sp³-hybridized carbons (Fsp3) is 0.364. The minimum atomic E-state index is -1.17. The minimum absolute atomic E-state index is 0.000189. The van der Waals surface area contributed by atoms with E-state index in [0.29, 0.717) is 5.69 Å². The molecular weight excluding hydrogens is 340 g/mol. The number of nitrogens with zero attached hydrogens (tertiary/aromatic N) is 1. The number of anilines is 1. The number of carboxylic acids is 1. The van der Waals surface area contributed by atoms with Crippen LogP contribution in [0.4, 0.5) is 11.4 Å². The van der Waals surface area contributed by atoms with Crippen LogP contribution in [-0.4, -0.2) is 22.4 Å². The first-order valence-corrected chi connectivity index (χ1v) is 9.07. The van der Waals surface area contributed by atoms with Gasteiger partial charge in [0.05, 0.1) is 5.69 Å². The van der Waals surface area contributed by atoms with E-state index in [4.69, 9.17) is 10.8 Å². The molecule has 1 aliphatic rings. The topological polar surface area (TPSA) is 95.9 Å². The third kappa shape index (κ3) is 3.42. The fourth-order valence-electron chi connectivity index (χ4n) is 3.85. The van der Waals surface area contributed by atoms with Gasteiger partial charge in [-0.3, -0.25) is 4.99 Å². The van der Waals surface area contributed by atoms with Crippen molar-refractivity contribution in [2.75, 3.05) is 5.73 Å². The lowest BCUT2D eigenvalue weighted by Crippen LogP contribution is -2.35. The lowest BCUT2D eigenvalue weighted by Gasteiger charge is -2.42. The van der Waals surface area contributed by atoms with Crippen molar-refractivity contribution in [2.24, 2.45) is 4.99 Å². The maximum absolute atomic E-state index is 11.0. The van der Waals surface area contributed by atoms with Crippen LogP contribution in [0.2, 0.25) is 0 Å². The number of hydrogen-bond acceptors (Lipinski definition) is 4. The Morgan fingerprint density at radius 1 is 1.11 bits per heavy atom. The van der Waals surface area contributed by atoms with Crippen LogP contribution < -0.4 is 5.73 Å². The second kappa shape index (κ2) is 6.41. The van der Waals surface area contributed by atoms with Crippen LogP contribution in [0.25, 0.3) is 0 Å². The Bertz CT molecular complexity index is 943. The van der Waals surface area contributed by atoms with E-state index in [-0.39, 0.29) is 22.1 Å². The van der Waals surface area contributed by atoms with Gasteiger partial charge in [0, 0.05) is 23.5 Å². The monoisotopic (exact) mass is 366 g/mol. The molecule has 4 N–H and O–H groups in total. The number of phenols is 1. The van der Waals surface area contributed by atoms with Crippen LogP contribution in [0, 0.1) is 0 Å². The molecule has 2 aromatic carbocycles. The molecule has 0 radical (unpaired) electrons. The highest BCUT2D eigenvalue weighted by atomic mass is 16.4. The van der Waals surface area contributed by atoms with Gasteiger partial charge in [0.1, 0.15) is 11.3 Å². The number of nitrogens with two attached hydrogens (primary N) is 1. The lowest BCUT2D eigenvalue weighted by molar-refractivity contribution is 0.0694. The molecule has 3 rings (SSSR count). The molecule has 5 heteroatoms. The first kappa shape index (κ1) is 19.0. The second-order valence-electron chi connectivity index (χ2n) is 8.52. The van der Waals surface area contributed by atoms with E-state index >= 15 is 0 Å². The van der Waals surface area contributed by atoms with Crippen LogP contribution in [-0.2, 0) is 10.8 Å². The summed E-state index contributed by atoms with van der Waals surface area (Å²) in [6.07, 6.45) is 3.86. The number of fused-ring (bicyclic) bond motifs is 1. The minimum Gasteiger partial charge on any atom is -0.507 e. The zero-order valence-corrected chi connectivity index (χ0v) is 16.2. The molecule has 0 saturated heterocycles. The van der Waals surface area contributed by atoms with Crippen molar-refractivity contribution >= 4 is 23.6 Å². The molecule has 0 spiro atoms. The van der Waals surface area contributed by atoms with Gasteiger partial charge in [-0.05, 0) is 46.9 Å². The molecule has 0 atom stereocenters. The first-order chi connectivity index (χ1) is 12.5. The Kier molecular flexibility index (Phi) is 4.50. The quantitative estimate of drug-likeness (QED) is 0.538. The zero-order valence-electron chi connectivity index (χ0n) is 16.2. The predicted octanol–water partition coefficient (Wildman–Crippen LogP) is 4.77. The molecule has 0 unspecified atom stereocenters. The Morgan fingerprint density at radius 3 is 2.41 bits per heavy atom. The molecule has 0 aromatic heterocycles. The predicted molar refractivity (Wildman–Crippen MR) is 108 cm³/mol. The number of aromatic hydroxyl groups is 1. The van der Waals surface area contributed by atoms with Crippen LogP contribution in [0.3, 0.4) is 0 Å². The highest BCUT2D eigenvalue weighted by Crippen LogP contribution is 2.48. The van der Waals surface area contributed by atoms with Gasteiger partial charge in [0.2, 0.25) is 0 Å². The van der Waals surface area contributed by atoms with E-state index in [1.54, 1.807) is 12.3 Å². The second-order valence-corrected chi connectivity index (χ2v) is 8.52. The maximum Gasteiger partial charge on any atom is 0.339 e. The van der Waals surface area contributed by atoms with E-state index < -0.39 is 5.97 Å². The smallest absolute Gasteiger partial charge is 0.339 e. The van der Waals surface area contributed by atoms with Gasteiger partial charge in [-0.2, -0.15) is 0 Å². The number of aromatic carboxylic acids is 1. The number of nitrogen functional groups attached to an aromatic ring is 1. The molecule has 1 aliphatic carbocycles. The summed E-state index contributed by atoms with van der Waals surface area (Å²) in [6, 6.07) is 8.35. The zero-order chi connectivity index (χ0) is 20.0. The third-order valence-electron chi connectivity index (χ3n) is 5.62. The Labute approximate surface area is 159 Å². The summed E-state index contributed by atoms with van der Waals surface area (Å²) in [6.45, 7) is 8.95. The number of aliphatic imine (C=N–C) groups is 1. The van der Waals surface area contributed by atoms with Gasteiger partial charge < -0.3 is 15.9 Å². The molecule has 0 aliphatic heterocycles. The van der Waals surface area contributed by atoms with Crippen LogP contribution in [0.5, 0.6) is 5.75 Å². The molecule has 0 fully saturated rings. The molecule has 0 bridgehead atoms. The molecule has 0 amide bonds. The van der Waals surface area contributed by atoms with Gasteiger partial charge in [-0.25, -0.2) is 4.79 Å². The van der Waals surface area contributed by atoms with E-state index in [0.717, 1.165) is 24.1 Å². The molecule has 27 heavy (non-hydrogen) atoms. The Morgan fingerprint density at radius 2 is 1.78 bits per heavy atom. The van der Waals surface area contributed by atoms with Crippen molar-refractivity contribution in [3.05, 3.63) is 52.6 Å². The van der Waals surface area contributed by atoms with Crippen LogP contribution in [0.15, 0.2) is 35.3 Å². The molecular formula is C22H26N2O3. The van der Waals surface area contributed by atoms with Crippen molar-refractivity contribution < 1.29 is 15.0 Å². The van der Waals surface area contributed by atoms with Crippen molar-refractivity contribution in [1.29, 1.82) is 0 Å². The highest BCUT2D eigenvalue weighted by Gasteiger charge is 2.38. The molecule has 5 nitrogen and oxygen atoms in total. The molecule has 2 aromatic rings. The Balaban J connectivity index is 2.01.